The highest BCUT2D eigenvalue weighted by Gasteiger charge is 2.01. The molecule has 0 spiro atoms. The molecule has 2 aromatic rings. The zero-order valence-corrected chi connectivity index (χ0v) is 12.0. The average Bonchev–Trinajstić information content (AvgIpc) is 2.52. The van der Waals surface area contributed by atoms with Crippen LogP contribution in [0.2, 0.25) is 0 Å². The number of carbonyl (C=O) groups is 1. The molecule has 0 fully saturated rings. The highest BCUT2D eigenvalue weighted by atomic mass is 16.5. The van der Waals surface area contributed by atoms with Crippen LogP contribution in [0.15, 0.2) is 58.8 Å². The largest absolute Gasteiger partial charge is 0.491 e. The summed E-state index contributed by atoms with van der Waals surface area (Å²) in [6.07, 6.45) is -0.520. The van der Waals surface area contributed by atoms with Gasteiger partial charge in [0.05, 0.1) is 23.0 Å². The van der Waals surface area contributed by atoms with Crippen molar-refractivity contribution in [3.8, 4) is 5.75 Å². The van der Waals surface area contributed by atoms with Gasteiger partial charge in [-0.25, -0.2) is 4.79 Å². The smallest absolute Gasteiger partial charge is 0.335 e. The number of azo groups is 1. The second-order valence-corrected chi connectivity index (χ2v) is 4.71. The van der Waals surface area contributed by atoms with Crippen molar-refractivity contribution in [2.45, 2.75) is 13.0 Å². The van der Waals surface area contributed by atoms with Crippen LogP contribution in [-0.4, -0.2) is 28.9 Å². The summed E-state index contributed by atoms with van der Waals surface area (Å²) in [5.74, 6) is -0.332. The Labute approximate surface area is 127 Å². The lowest BCUT2D eigenvalue weighted by atomic mass is 10.2. The van der Waals surface area contributed by atoms with E-state index in [2.05, 4.69) is 10.2 Å². The zero-order chi connectivity index (χ0) is 15.9. The summed E-state index contributed by atoms with van der Waals surface area (Å²) in [6, 6.07) is 13.1. The molecular formula is C16H16N2O4. The van der Waals surface area contributed by atoms with Gasteiger partial charge in [0.25, 0.3) is 0 Å². The number of aliphatic hydroxyl groups is 1. The maximum Gasteiger partial charge on any atom is 0.335 e. The molecule has 0 aromatic heterocycles. The number of hydrogen-bond acceptors (Lipinski definition) is 5. The number of benzene rings is 2. The lowest BCUT2D eigenvalue weighted by Crippen LogP contribution is -2.12. The first-order valence-electron chi connectivity index (χ1n) is 6.70. The van der Waals surface area contributed by atoms with Crippen LogP contribution < -0.4 is 4.74 Å². The van der Waals surface area contributed by atoms with Crippen molar-refractivity contribution in [2.24, 2.45) is 10.2 Å². The maximum absolute atomic E-state index is 10.7. The molecule has 0 heterocycles. The number of carboxylic acids is 1. The van der Waals surface area contributed by atoms with Gasteiger partial charge in [-0.15, -0.1) is 0 Å². The number of nitrogens with zero attached hydrogens (tertiary/aromatic N) is 2. The SMILES string of the molecule is CC(O)COc1ccc(N=Nc2ccc(C(=O)O)cc2)cc1. The van der Waals surface area contributed by atoms with E-state index in [1.54, 1.807) is 43.3 Å². The highest BCUT2D eigenvalue weighted by molar-refractivity contribution is 5.87. The summed E-state index contributed by atoms with van der Waals surface area (Å²) in [5, 5.41) is 26.0. The molecule has 0 aliphatic carbocycles. The molecule has 114 valence electrons. The minimum Gasteiger partial charge on any atom is -0.491 e. The molecular weight excluding hydrogens is 284 g/mol. The number of hydrogen-bond donors (Lipinski definition) is 2. The van der Waals surface area contributed by atoms with Crippen molar-refractivity contribution in [1.82, 2.24) is 0 Å². The molecule has 22 heavy (non-hydrogen) atoms. The molecule has 0 radical (unpaired) electrons. The first-order valence-corrected chi connectivity index (χ1v) is 6.70. The highest BCUT2D eigenvalue weighted by Crippen LogP contribution is 2.21. The molecule has 6 nitrogen and oxygen atoms in total. The molecule has 0 saturated carbocycles. The van der Waals surface area contributed by atoms with Crippen LogP contribution in [0.5, 0.6) is 5.75 Å². The fourth-order valence-electron chi connectivity index (χ4n) is 1.61. The summed E-state index contributed by atoms with van der Waals surface area (Å²) in [7, 11) is 0. The van der Waals surface area contributed by atoms with Gasteiger partial charge in [0, 0.05) is 0 Å². The molecule has 2 aromatic carbocycles. The van der Waals surface area contributed by atoms with Gasteiger partial charge >= 0.3 is 5.97 Å². The van der Waals surface area contributed by atoms with Gasteiger partial charge in [-0.1, -0.05) is 0 Å². The lowest BCUT2D eigenvalue weighted by molar-refractivity contribution is 0.0697. The van der Waals surface area contributed by atoms with Gasteiger partial charge in [0.2, 0.25) is 0 Å². The fraction of sp³-hybridized carbons (Fsp3) is 0.188. The third kappa shape index (κ3) is 4.68. The Bertz CT molecular complexity index is 649. The van der Waals surface area contributed by atoms with Crippen LogP contribution in [0, 0.1) is 0 Å². The number of rotatable bonds is 6. The van der Waals surface area contributed by atoms with Crippen LogP contribution in [0.1, 0.15) is 17.3 Å². The van der Waals surface area contributed by atoms with Crippen LogP contribution in [0.3, 0.4) is 0 Å². The van der Waals surface area contributed by atoms with Crippen LogP contribution in [0.4, 0.5) is 11.4 Å². The minimum atomic E-state index is -0.976. The van der Waals surface area contributed by atoms with Crippen molar-refractivity contribution in [1.29, 1.82) is 0 Å². The molecule has 0 bridgehead atoms. The van der Waals surface area contributed by atoms with Crippen LogP contribution in [0.25, 0.3) is 0 Å². The number of ether oxygens (including phenoxy) is 1. The minimum absolute atomic E-state index is 0.207. The van der Waals surface area contributed by atoms with Gasteiger partial charge < -0.3 is 14.9 Å². The summed E-state index contributed by atoms with van der Waals surface area (Å²) < 4.78 is 5.34. The molecule has 1 atom stereocenters. The van der Waals surface area contributed by atoms with E-state index in [0.29, 0.717) is 17.1 Å². The van der Waals surface area contributed by atoms with Crippen molar-refractivity contribution in [3.63, 3.8) is 0 Å². The van der Waals surface area contributed by atoms with Gasteiger partial charge in [-0.2, -0.15) is 10.2 Å². The fourth-order valence-corrected chi connectivity index (χ4v) is 1.61. The van der Waals surface area contributed by atoms with Crippen molar-refractivity contribution in [3.05, 3.63) is 54.1 Å². The monoisotopic (exact) mass is 300 g/mol. The normalized spacial score (nSPS) is 12.3. The molecule has 1 unspecified atom stereocenters. The van der Waals surface area contributed by atoms with E-state index in [1.165, 1.54) is 12.1 Å². The molecule has 2 rings (SSSR count). The predicted molar refractivity (Wildman–Crippen MR) is 81.2 cm³/mol. The van der Waals surface area contributed by atoms with E-state index in [1.807, 2.05) is 0 Å². The topological polar surface area (TPSA) is 91.5 Å². The third-order valence-electron chi connectivity index (χ3n) is 2.72. The second-order valence-electron chi connectivity index (χ2n) is 4.71. The molecule has 0 saturated heterocycles. The summed E-state index contributed by atoms with van der Waals surface area (Å²) in [4.78, 5) is 10.7. The van der Waals surface area contributed by atoms with Crippen LogP contribution >= 0.6 is 0 Å². The molecule has 2 N–H and O–H groups in total. The number of carboxylic acid groups (broad SMARTS) is 1. The van der Waals surface area contributed by atoms with Crippen molar-refractivity contribution < 1.29 is 19.7 Å². The lowest BCUT2D eigenvalue weighted by Gasteiger charge is -2.07. The second kappa shape index (κ2) is 7.33. The first-order chi connectivity index (χ1) is 10.5. The number of aliphatic hydroxyl groups excluding tert-OH is 1. The Morgan fingerprint density at radius 1 is 1.05 bits per heavy atom. The van der Waals surface area contributed by atoms with Gasteiger partial charge in [-0.05, 0) is 55.5 Å². The molecule has 0 amide bonds. The van der Waals surface area contributed by atoms with Crippen molar-refractivity contribution in [2.75, 3.05) is 6.61 Å². The van der Waals surface area contributed by atoms with Crippen LogP contribution in [-0.2, 0) is 0 Å². The van der Waals surface area contributed by atoms with E-state index < -0.39 is 12.1 Å². The van der Waals surface area contributed by atoms with E-state index in [0.717, 1.165) is 0 Å². The quantitative estimate of drug-likeness (QED) is 0.798. The zero-order valence-electron chi connectivity index (χ0n) is 12.0. The third-order valence-corrected chi connectivity index (χ3v) is 2.72. The van der Waals surface area contributed by atoms with E-state index in [9.17, 15) is 4.79 Å². The first kappa shape index (κ1) is 15.7. The predicted octanol–water partition coefficient (Wildman–Crippen LogP) is 3.56. The molecule has 0 aliphatic heterocycles. The molecule has 0 aliphatic rings. The summed E-state index contributed by atoms with van der Waals surface area (Å²) in [5.41, 5.74) is 1.42. The maximum atomic E-state index is 10.7. The van der Waals surface area contributed by atoms with Gasteiger partial charge in [0.1, 0.15) is 12.4 Å². The standard InChI is InChI=1S/C16H16N2O4/c1-11(19)10-22-15-8-6-14(7-9-15)18-17-13-4-2-12(3-5-13)16(20)21/h2-9,11,19H,10H2,1H3,(H,20,21). The molecule has 6 heteroatoms. The Kier molecular flexibility index (Phi) is 5.21. The van der Waals surface area contributed by atoms with Gasteiger partial charge in [-0.3, -0.25) is 0 Å². The van der Waals surface area contributed by atoms with Gasteiger partial charge in [0.15, 0.2) is 0 Å². The summed E-state index contributed by atoms with van der Waals surface area (Å²) >= 11 is 0. The van der Waals surface area contributed by atoms with E-state index in [4.69, 9.17) is 14.9 Å². The Morgan fingerprint density at radius 3 is 2.00 bits per heavy atom. The van der Waals surface area contributed by atoms with E-state index in [-0.39, 0.29) is 12.2 Å². The Morgan fingerprint density at radius 2 is 1.55 bits per heavy atom. The van der Waals surface area contributed by atoms with E-state index >= 15 is 0 Å². The average molecular weight is 300 g/mol. The Balaban J connectivity index is 1.99. The number of aromatic carboxylic acids is 1. The van der Waals surface area contributed by atoms with Crippen molar-refractivity contribution >= 4 is 17.3 Å². The Hall–Kier alpha value is -2.73. The summed E-state index contributed by atoms with van der Waals surface area (Å²) in [6.45, 7) is 1.88.